The first-order valence-corrected chi connectivity index (χ1v) is 7.46. The van der Waals surface area contributed by atoms with Crippen molar-refractivity contribution in [2.24, 2.45) is 0 Å². The molecule has 22 heavy (non-hydrogen) atoms. The summed E-state index contributed by atoms with van der Waals surface area (Å²) in [5.74, 6) is -0.625. The van der Waals surface area contributed by atoms with Crippen LogP contribution in [0.1, 0.15) is 17.5 Å². The molecule has 0 saturated carbocycles. The monoisotopic (exact) mass is 315 g/mol. The Morgan fingerprint density at radius 3 is 2.68 bits per heavy atom. The zero-order valence-corrected chi connectivity index (χ0v) is 12.6. The van der Waals surface area contributed by atoms with Crippen molar-refractivity contribution in [3.63, 3.8) is 0 Å². The molecule has 0 unspecified atom stereocenters. The number of carboxylic acid groups (broad SMARTS) is 1. The Morgan fingerprint density at radius 1 is 1.41 bits per heavy atom. The summed E-state index contributed by atoms with van der Waals surface area (Å²) < 4.78 is 0. The number of H-pyrrole nitrogens is 1. The lowest BCUT2D eigenvalue weighted by molar-refractivity contribution is -0.136. The van der Waals surface area contributed by atoms with Crippen molar-refractivity contribution in [1.29, 1.82) is 5.26 Å². The average Bonchev–Trinajstić information content (AvgIpc) is 2.47. The fourth-order valence-electron chi connectivity index (χ4n) is 1.78. The highest BCUT2D eigenvalue weighted by Gasteiger charge is 2.13. The Balaban J connectivity index is 2.40. The molecule has 0 aliphatic rings. The Kier molecular flexibility index (Phi) is 4.96. The summed E-state index contributed by atoms with van der Waals surface area (Å²) in [7, 11) is 0. The van der Waals surface area contributed by atoms with Gasteiger partial charge in [0.05, 0.1) is 12.1 Å². The zero-order chi connectivity index (χ0) is 16.1. The molecular weight excluding hydrogens is 302 g/mol. The minimum Gasteiger partial charge on any atom is -0.481 e. The molecule has 2 N–H and O–H groups in total. The Bertz CT molecular complexity index is 791. The highest BCUT2D eigenvalue weighted by atomic mass is 32.2. The fraction of sp³-hybridized carbons (Fsp3) is 0.200. The molecule has 2 aromatic rings. The lowest BCUT2D eigenvalue weighted by Crippen LogP contribution is -2.15. The molecule has 0 spiro atoms. The summed E-state index contributed by atoms with van der Waals surface area (Å²) in [6.07, 6.45) is -0.0335. The lowest BCUT2D eigenvalue weighted by atomic mass is 10.1. The number of nitrogens with one attached hydrogen (secondary N) is 1. The van der Waals surface area contributed by atoms with Gasteiger partial charge in [-0.15, -0.1) is 0 Å². The second kappa shape index (κ2) is 6.91. The van der Waals surface area contributed by atoms with Crippen molar-refractivity contribution in [3.05, 3.63) is 45.7 Å². The van der Waals surface area contributed by atoms with Crippen molar-refractivity contribution in [1.82, 2.24) is 9.97 Å². The van der Waals surface area contributed by atoms with Crippen LogP contribution in [0.3, 0.4) is 0 Å². The van der Waals surface area contributed by atoms with Crippen molar-refractivity contribution >= 4 is 17.7 Å². The van der Waals surface area contributed by atoms with Crippen LogP contribution in [0.2, 0.25) is 0 Å². The van der Waals surface area contributed by atoms with E-state index in [0.717, 1.165) is 17.3 Å². The van der Waals surface area contributed by atoms with E-state index in [4.69, 9.17) is 10.4 Å². The highest BCUT2D eigenvalue weighted by Crippen LogP contribution is 2.22. The molecule has 0 fully saturated rings. The number of aromatic amines is 1. The third-order valence-electron chi connectivity index (χ3n) is 2.89. The van der Waals surface area contributed by atoms with Gasteiger partial charge in [-0.25, -0.2) is 4.98 Å². The number of thioether (sulfide) groups is 1. The lowest BCUT2D eigenvalue weighted by Gasteiger charge is -2.06. The quantitative estimate of drug-likeness (QED) is 0.647. The number of aromatic nitrogens is 2. The molecule has 0 radical (unpaired) electrons. The first-order valence-electron chi connectivity index (χ1n) is 6.47. The van der Waals surface area contributed by atoms with Gasteiger partial charge in [-0.05, 0) is 6.92 Å². The Morgan fingerprint density at radius 2 is 2.09 bits per heavy atom. The Labute approximate surface area is 130 Å². The molecular formula is C15H13N3O3S. The topological polar surface area (TPSA) is 107 Å². The van der Waals surface area contributed by atoms with Crippen LogP contribution < -0.4 is 5.56 Å². The van der Waals surface area contributed by atoms with E-state index in [-0.39, 0.29) is 17.7 Å². The third kappa shape index (κ3) is 3.74. The SMILES string of the molecule is Cc1ccc(-c2nc(SCCC(=O)O)[nH]c(=O)c2C#N)cc1. The molecule has 6 nitrogen and oxygen atoms in total. The molecule has 0 aliphatic carbocycles. The van der Waals surface area contributed by atoms with Gasteiger partial charge in [0.1, 0.15) is 11.6 Å². The number of carbonyl (C=O) groups is 1. The number of hydrogen-bond donors (Lipinski definition) is 2. The van der Waals surface area contributed by atoms with Gasteiger partial charge in [0.2, 0.25) is 0 Å². The predicted octanol–water partition coefficient (Wildman–Crippen LogP) is 2.18. The molecule has 2 rings (SSSR count). The van der Waals surface area contributed by atoms with Gasteiger partial charge in [0.25, 0.3) is 5.56 Å². The second-order valence-electron chi connectivity index (χ2n) is 4.56. The van der Waals surface area contributed by atoms with Gasteiger partial charge in [-0.3, -0.25) is 9.59 Å². The predicted molar refractivity (Wildman–Crippen MR) is 82.7 cm³/mol. The summed E-state index contributed by atoms with van der Waals surface area (Å²) in [4.78, 5) is 29.3. The van der Waals surface area contributed by atoms with Crippen LogP contribution in [-0.2, 0) is 4.79 Å². The molecule has 1 aromatic carbocycles. The summed E-state index contributed by atoms with van der Waals surface area (Å²) in [5.41, 5.74) is 1.47. The highest BCUT2D eigenvalue weighted by molar-refractivity contribution is 7.99. The number of hydrogen-bond acceptors (Lipinski definition) is 5. The number of aryl methyl sites for hydroxylation is 1. The van der Waals surface area contributed by atoms with Gasteiger partial charge in [0, 0.05) is 11.3 Å². The van der Waals surface area contributed by atoms with E-state index in [1.807, 2.05) is 25.1 Å². The molecule has 1 aromatic heterocycles. The van der Waals surface area contributed by atoms with Crippen LogP contribution in [-0.4, -0.2) is 26.8 Å². The zero-order valence-electron chi connectivity index (χ0n) is 11.8. The van der Waals surface area contributed by atoms with Crippen molar-refractivity contribution < 1.29 is 9.90 Å². The van der Waals surface area contributed by atoms with E-state index in [0.29, 0.717) is 16.4 Å². The number of nitrogens with zero attached hydrogens (tertiary/aromatic N) is 2. The molecule has 112 valence electrons. The number of nitriles is 1. The van der Waals surface area contributed by atoms with E-state index in [1.54, 1.807) is 12.1 Å². The van der Waals surface area contributed by atoms with E-state index < -0.39 is 11.5 Å². The standard InChI is InChI=1S/C15H13N3O3S/c1-9-2-4-10(5-3-9)13-11(8-16)14(21)18-15(17-13)22-7-6-12(19)20/h2-5H,6-7H2,1H3,(H,19,20)(H,17,18,21). The molecule has 0 saturated heterocycles. The largest absolute Gasteiger partial charge is 0.481 e. The van der Waals surface area contributed by atoms with Crippen molar-refractivity contribution in [2.75, 3.05) is 5.75 Å². The summed E-state index contributed by atoms with van der Waals surface area (Å²) in [5, 5.41) is 18.1. The summed E-state index contributed by atoms with van der Waals surface area (Å²) in [6, 6.07) is 9.20. The molecule has 0 aliphatic heterocycles. The maximum atomic E-state index is 12.0. The number of carboxylic acids is 1. The van der Waals surface area contributed by atoms with Crippen LogP contribution in [0.5, 0.6) is 0 Å². The van der Waals surface area contributed by atoms with Crippen LogP contribution >= 0.6 is 11.8 Å². The van der Waals surface area contributed by atoms with E-state index in [9.17, 15) is 9.59 Å². The van der Waals surface area contributed by atoms with Crippen molar-refractivity contribution in [2.45, 2.75) is 18.5 Å². The third-order valence-corrected chi connectivity index (χ3v) is 3.76. The van der Waals surface area contributed by atoms with Crippen LogP contribution in [0.4, 0.5) is 0 Å². The first-order chi connectivity index (χ1) is 10.5. The summed E-state index contributed by atoms with van der Waals surface area (Å²) in [6.45, 7) is 1.94. The second-order valence-corrected chi connectivity index (χ2v) is 5.65. The van der Waals surface area contributed by atoms with E-state index >= 15 is 0 Å². The van der Waals surface area contributed by atoms with Gasteiger partial charge in [0.15, 0.2) is 5.16 Å². The minimum atomic E-state index is -0.915. The molecule has 0 amide bonds. The maximum absolute atomic E-state index is 12.0. The summed E-state index contributed by atoms with van der Waals surface area (Å²) >= 11 is 1.14. The molecule has 1 heterocycles. The number of benzene rings is 1. The van der Waals surface area contributed by atoms with Gasteiger partial charge < -0.3 is 10.1 Å². The van der Waals surface area contributed by atoms with Gasteiger partial charge in [-0.1, -0.05) is 41.6 Å². The van der Waals surface area contributed by atoms with Gasteiger partial charge in [-0.2, -0.15) is 5.26 Å². The van der Waals surface area contributed by atoms with Gasteiger partial charge >= 0.3 is 5.97 Å². The molecule has 0 bridgehead atoms. The normalized spacial score (nSPS) is 10.2. The average molecular weight is 315 g/mol. The van der Waals surface area contributed by atoms with Crippen LogP contribution in [0, 0.1) is 18.3 Å². The number of rotatable bonds is 5. The minimum absolute atomic E-state index is 0.0335. The maximum Gasteiger partial charge on any atom is 0.304 e. The number of aliphatic carboxylic acids is 1. The van der Waals surface area contributed by atoms with Crippen molar-refractivity contribution in [3.8, 4) is 17.3 Å². The Hall–Kier alpha value is -2.59. The van der Waals surface area contributed by atoms with Crippen LogP contribution in [0.25, 0.3) is 11.3 Å². The molecule has 0 atom stereocenters. The fourth-order valence-corrected chi connectivity index (χ4v) is 2.57. The smallest absolute Gasteiger partial charge is 0.304 e. The van der Waals surface area contributed by atoms with E-state index in [2.05, 4.69) is 9.97 Å². The van der Waals surface area contributed by atoms with Crippen LogP contribution in [0.15, 0.2) is 34.2 Å². The first kappa shape index (κ1) is 15.8. The molecule has 7 heteroatoms. The van der Waals surface area contributed by atoms with E-state index in [1.165, 1.54) is 0 Å².